The summed E-state index contributed by atoms with van der Waals surface area (Å²) >= 11 is 5.62. The molecule has 0 heterocycles. The second-order valence-corrected chi connectivity index (χ2v) is 10.7. The zero-order valence-electron chi connectivity index (χ0n) is 19.4. The van der Waals surface area contributed by atoms with Crippen LogP contribution in [0.15, 0.2) is 36.4 Å². The fourth-order valence-electron chi connectivity index (χ4n) is 6.26. The Labute approximate surface area is 197 Å². The van der Waals surface area contributed by atoms with E-state index in [0.717, 1.165) is 23.3 Å². The molecule has 4 rings (SSSR count). The van der Waals surface area contributed by atoms with Crippen LogP contribution in [0.1, 0.15) is 95.5 Å². The minimum atomic E-state index is -0.708. The molecule has 0 bridgehead atoms. The van der Waals surface area contributed by atoms with E-state index in [4.69, 9.17) is 11.6 Å². The van der Waals surface area contributed by atoms with Crippen molar-refractivity contribution in [3.05, 3.63) is 58.6 Å². The maximum absolute atomic E-state index is 13.8. The summed E-state index contributed by atoms with van der Waals surface area (Å²) in [4.78, 5) is 0. The summed E-state index contributed by atoms with van der Waals surface area (Å²) in [6.45, 7) is 2.29. The Morgan fingerprint density at radius 2 is 1.44 bits per heavy atom. The highest BCUT2D eigenvalue weighted by atomic mass is 35.5. The smallest absolute Gasteiger partial charge is 0.145 e. The van der Waals surface area contributed by atoms with Gasteiger partial charge < -0.3 is 0 Å². The highest BCUT2D eigenvalue weighted by Gasteiger charge is 2.35. The van der Waals surface area contributed by atoms with Crippen LogP contribution in [0.5, 0.6) is 0 Å². The summed E-state index contributed by atoms with van der Waals surface area (Å²) in [6.07, 6.45) is 16.7. The van der Waals surface area contributed by atoms with Crippen molar-refractivity contribution < 1.29 is 8.78 Å². The van der Waals surface area contributed by atoms with Gasteiger partial charge in [0, 0.05) is 0 Å². The van der Waals surface area contributed by atoms with Crippen LogP contribution in [-0.4, -0.2) is 0 Å². The Kier molecular flexibility index (Phi) is 8.27. The van der Waals surface area contributed by atoms with Crippen molar-refractivity contribution in [3.63, 3.8) is 0 Å². The van der Waals surface area contributed by atoms with Gasteiger partial charge in [-0.25, -0.2) is 8.78 Å². The van der Waals surface area contributed by atoms with Gasteiger partial charge in [-0.05, 0) is 84.6 Å². The van der Waals surface area contributed by atoms with Crippen LogP contribution in [0.2, 0.25) is 5.02 Å². The quantitative estimate of drug-likeness (QED) is 0.272. The lowest BCUT2D eigenvalue weighted by molar-refractivity contribution is 0.113. The van der Waals surface area contributed by atoms with Gasteiger partial charge in [0.2, 0.25) is 0 Å². The van der Waals surface area contributed by atoms with E-state index in [1.165, 1.54) is 94.7 Å². The third kappa shape index (κ3) is 5.74. The van der Waals surface area contributed by atoms with E-state index in [0.29, 0.717) is 11.5 Å². The molecule has 2 aromatic carbocycles. The Bertz CT molecular complexity index is 852. The van der Waals surface area contributed by atoms with Crippen LogP contribution < -0.4 is 0 Å². The van der Waals surface area contributed by atoms with E-state index >= 15 is 0 Å². The lowest BCUT2D eigenvalue weighted by Crippen LogP contribution is -2.30. The van der Waals surface area contributed by atoms with Gasteiger partial charge in [0.15, 0.2) is 0 Å². The first kappa shape index (κ1) is 23.7. The Morgan fingerprint density at radius 1 is 0.781 bits per heavy atom. The van der Waals surface area contributed by atoms with Crippen molar-refractivity contribution in [2.75, 3.05) is 0 Å². The summed E-state index contributed by atoms with van der Waals surface area (Å²) in [5, 5.41) is -0.437. The summed E-state index contributed by atoms with van der Waals surface area (Å²) in [5.74, 6) is 1.98. The van der Waals surface area contributed by atoms with Crippen LogP contribution in [-0.2, 0) is 0 Å². The van der Waals surface area contributed by atoms with E-state index in [1.807, 2.05) is 12.1 Å². The molecular weight excluding hydrogens is 422 g/mol. The first-order chi connectivity index (χ1) is 15.5. The number of fused-ring (bicyclic) bond motifs is 1. The lowest BCUT2D eigenvalue weighted by atomic mass is 9.63. The topological polar surface area (TPSA) is 0 Å². The Balaban J connectivity index is 1.31. The maximum atomic E-state index is 13.8. The molecule has 0 spiro atoms. The van der Waals surface area contributed by atoms with Gasteiger partial charge in [0.05, 0.1) is 0 Å². The Morgan fingerprint density at radius 3 is 2.16 bits per heavy atom. The minimum Gasteiger partial charge on any atom is -0.205 e. The molecular formula is C29H37ClF2. The average Bonchev–Trinajstić information content (AvgIpc) is 2.82. The number of unbranched alkanes of at least 4 members (excludes halogenated alkanes) is 4. The molecule has 0 aliphatic heterocycles. The van der Waals surface area contributed by atoms with E-state index in [9.17, 15) is 8.78 Å². The third-order valence-corrected chi connectivity index (χ3v) is 8.50. The molecule has 1 unspecified atom stereocenters. The Hall–Kier alpha value is -1.41. The van der Waals surface area contributed by atoms with Crippen molar-refractivity contribution in [2.24, 2.45) is 17.8 Å². The number of benzene rings is 2. The van der Waals surface area contributed by atoms with Crippen LogP contribution in [0.4, 0.5) is 8.78 Å². The fraction of sp³-hybridized carbons (Fsp3) is 0.586. The zero-order valence-corrected chi connectivity index (χ0v) is 20.1. The molecule has 2 fully saturated rings. The molecule has 0 amide bonds. The summed E-state index contributed by atoms with van der Waals surface area (Å²) < 4.78 is 27.7. The first-order valence-corrected chi connectivity index (χ1v) is 13.2. The third-order valence-electron chi connectivity index (χ3n) is 8.14. The van der Waals surface area contributed by atoms with Crippen molar-refractivity contribution in [3.8, 4) is 11.1 Å². The first-order valence-electron chi connectivity index (χ1n) is 12.8. The van der Waals surface area contributed by atoms with Crippen LogP contribution in [0.3, 0.4) is 0 Å². The van der Waals surface area contributed by atoms with Crippen LogP contribution >= 0.6 is 11.6 Å². The monoisotopic (exact) mass is 458 g/mol. The molecule has 32 heavy (non-hydrogen) atoms. The molecule has 3 heteroatoms. The lowest BCUT2D eigenvalue weighted by Gasteiger charge is -2.42. The number of hydrogen-bond donors (Lipinski definition) is 0. The van der Waals surface area contributed by atoms with Gasteiger partial charge in [0.1, 0.15) is 16.7 Å². The molecule has 0 N–H and O–H groups in total. The standard InChI is InChI=1S/C29H37ClF2/c1-2-3-4-5-6-7-20-8-9-25-17-24(15-14-23(25)16-20)21-10-12-22(13-11-21)26-18-27(31)29(30)28(32)19-26/h10-13,18-20,23-25H,2-9,14-17H2,1H3/t20?,23-,24-,25-/m1/s1. The molecule has 174 valence electrons. The molecule has 0 saturated heterocycles. The molecule has 4 atom stereocenters. The van der Waals surface area contributed by atoms with Crippen LogP contribution in [0, 0.1) is 29.4 Å². The number of halogens is 3. The second-order valence-electron chi connectivity index (χ2n) is 10.3. The van der Waals surface area contributed by atoms with Gasteiger partial charge in [0.25, 0.3) is 0 Å². The van der Waals surface area contributed by atoms with E-state index < -0.39 is 16.7 Å². The number of rotatable bonds is 8. The second kappa shape index (κ2) is 11.1. The summed E-state index contributed by atoms with van der Waals surface area (Å²) in [7, 11) is 0. The highest BCUT2D eigenvalue weighted by molar-refractivity contribution is 6.31. The largest absolute Gasteiger partial charge is 0.205 e. The highest BCUT2D eigenvalue weighted by Crippen LogP contribution is 2.48. The van der Waals surface area contributed by atoms with Crippen molar-refractivity contribution in [1.82, 2.24) is 0 Å². The van der Waals surface area contributed by atoms with Gasteiger partial charge in [-0.1, -0.05) is 87.7 Å². The maximum Gasteiger partial charge on any atom is 0.145 e. The van der Waals surface area contributed by atoms with Crippen molar-refractivity contribution in [1.29, 1.82) is 0 Å². The summed E-state index contributed by atoms with van der Waals surface area (Å²) in [6, 6.07) is 10.9. The van der Waals surface area contributed by atoms with Crippen LogP contribution in [0.25, 0.3) is 11.1 Å². The molecule has 0 nitrogen and oxygen atoms in total. The van der Waals surface area contributed by atoms with Crippen molar-refractivity contribution in [2.45, 2.75) is 89.9 Å². The predicted molar refractivity (Wildman–Crippen MR) is 131 cm³/mol. The molecule has 0 aromatic heterocycles. The van der Waals surface area contributed by atoms with Gasteiger partial charge >= 0.3 is 0 Å². The van der Waals surface area contributed by atoms with Crippen molar-refractivity contribution >= 4 is 11.6 Å². The van der Waals surface area contributed by atoms with Gasteiger partial charge in [-0.3, -0.25) is 0 Å². The molecule has 2 aliphatic rings. The SMILES string of the molecule is CCCCCCCC1CC[C@@H]2C[C@H](c3ccc(-c4cc(F)c(Cl)c(F)c4)cc3)CC[C@@H]2C1. The fourth-order valence-corrected chi connectivity index (χ4v) is 6.37. The predicted octanol–water partition coefficient (Wildman–Crippen LogP) is 9.95. The number of hydrogen-bond acceptors (Lipinski definition) is 0. The molecule has 2 aromatic rings. The molecule has 2 aliphatic carbocycles. The zero-order chi connectivity index (χ0) is 22.5. The van der Waals surface area contributed by atoms with E-state index in [1.54, 1.807) is 0 Å². The van der Waals surface area contributed by atoms with E-state index in [-0.39, 0.29) is 0 Å². The van der Waals surface area contributed by atoms with Gasteiger partial charge in [-0.15, -0.1) is 0 Å². The molecule has 0 radical (unpaired) electrons. The van der Waals surface area contributed by atoms with Gasteiger partial charge in [-0.2, -0.15) is 0 Å². The normalized spacial score (nSPS) is 25.5. The summed E-state index contributed by atoms with van der Waals surface area (Å²) in [5.41, 5.74) is 2.74. The average molecular weight is 459 g/mol. The minimum absolute atomic E-state index is 0.437. The molecule has 2 saturated carbocycles. The van der Waals surface area contributed by atoms with E-state index in [2.05, 4.69) is 19.1 Å².